The monoisotopic (exact) mass is 375 g/mol. The van der Waals surface area contributed by atoms with Gasteiger partial charge in [0.25, 0.3) is 5.91 Å². The number of benzene rings is 1. The van der Waals surface area contributed by atoms with Crippen molar-refractivity contribution in [3.8, 4) is 5.75 Å². The molecule has 27 heavy (non-hydrogen) atoms. The van der Waals surface area contributed by atoms with Crippen molar-refractivity contribution in [3.63, 3.8) is 0 Å². The second kappa shape index (κ2) is 10.4. The molecule has 0 saturated carbocycles. The molecule has 0 spiro atoms. The van der Waals surface area contributed by atoms with Crippen LogP contribution in [0.3, 0.4) is 0 Å². The van der Waals surface area contributed by atoms with E-state index in [-0.39, 0.29) is 29.4 Å². The van der Waals surface area contributed by atoms with Gasteiger partial charge in [0.2, 0.25) is 0 Å². The highest BCUT2D eigenvalue weighted by Crippen LogP contribution is 2.20. The van der Waals surface area contributed by atoms with Crippen LogP contribution in [0.4, 0.5) is 0 Å². The summed E-state index contributed by atoms with van der Waals surface area (Å²) in [6, 6.07) is 4.18. The zero-order valence-electron chi connectivity index (χ0n) is 15.7. The fraction of sp³-hybridized carbons (Fsp3) is 0.450. The zero-order chi connectivity index (χ0) is 19.6. The van der Waals surface area contributed by atoms with Crippen molar-refractivity contribution < 1.29 is 28.6 Å². The standard InChI is InChI=1S/C20H25NO6/c1-25-19(23)15-10-16(20(24)26-2)12-17(11-15)27-13-18(22)21-9-8-14-6-4-3-5-7-14/h6,10-12H,3-5,7-9,13H2,1-2H3,(H,21,22). The van der Waals surface area contributed by atoms with Crippen LogP contribution < -0.4 is 10.1 Å². The Balaban J connectivity index is 1.91. The number of rotatable bonds is 8. The third-order valence-electron chi connectivity index (χ3n) is 4.27. The fourth-order valence-electron chi connectivity index (χ4n) is 2.85. The van der Waals surface area contributed by atoms with Crippen LogP contribution in [0.2, 0.25) is 0 Å². The molecular weight excluding hydrogens is 350 g/mol. The predicted molar refractivity (Wildman–Crippen MR) is 98.8 cm³/mol. The topological polar surface area (TPSA) is 90.9 Å². The molecule has 2 rings (SSSR count). The molecule has 1 aliphatic rings. The summed E-state index contributed by atoms with van der Waals surface area (Å²) >= 11 is 0. The summed E-state index contributed by atoms with van der Waals surface area (Å²) < 4.78 is 14.8. The Hall–Kier alpha value is -2.83. The number of methoxy groups -OCH3 is 2. The summed E-state index contributed by atoms with van der Waals surface area (Å²) in [5.41, 5.74) is 1.66. The van der Waals surface area contributed by atoms with E-state index in [0.717, 1.165) is 19.3 Å². The van der Waals surface area contributed by atoms with E-state index in [2.05, 4.69) is 20.9 Å². The maximum Gasteiger partial charge on any atom is 0.338 e. The molecular formula is C20H25NO6. The van der Waals surface area contributed by atoms with Gasteiger partial charge >= 0.3 is 11.9 Å². The molecule has 1 aromatic rings. The summed E-state index contributed by atoms with van der Waals surface area (Å²) in [5.74, 6) is -1.29. The molecule has 1 aliphatic carbocycles. The number of hydrogen-bond donors (Lipinski definition) is 1. The Labute approximate surface area is 158 Å². The van der Waals surface area contributed by atoms with Gasteiger partial charge in [-0.05, 0) is 50.3 Å². The molecule has 0 saturated heterocycles. The van der Waals surface area contributed by atoms with Gasteiger partial charge in [-0.1, -0.05) is 11.6 Å². The van der Waals surface area contributed by atoms with Crippen LogP contribution >= 0.6 is 0 Å². The molecule has 1 amide bonds. The third-order valence-corrected chi connectivity index (χ3v) is 4.27. The summed E-state index contributed by atoms with van der Waals surface area (Å²) in [4.78, 5) is 35.5. The predicted octanol–water partition coefficient (Wildman–Crippen LogP) is 2.65. The lowest BCUT2D eigenvalue weighted by molar-refractivity contribution is -0.123. The first kappa shape index (κ1) is 20.5. The van der Waals surface area contributed by atoms with E-state index in [9.17, 15) is 14.4 Å². The van der Waals surface area contributed by atoms with E-state index in [0.29, 0.717) is 6.54 Å². The van der Waals surface area contributed by atoms with Gasteiger partial charge in [0, 0.05) is 6.54 Å². The second-order valence-electron chi connectivity index (χ2n) is 6.23. The highest BCUT2D eigenvalue weighted by molar-refractivity contribution is 5.96. The summed E-state index contributed by atoms with van der Waals surface area (Å²) in [5, 5.41) is 2.81. The van der Waals surface area contributed by atoms with Crippen LogP contribution in [-0.4, -0.2) is 45.2 Å². The Morgan fingerprint density at radius 1 is 1.00 bits per heavy atom. The van der Waals surface area contributed by atoms with Crippen molar-refractivity contribution in [2.24, 2.45) is 0 Å². The van der Waals surface area contributed by atoms with Crippen LogP contribution in [0.25, 0.3) is 0 Å². The highest BCUT2D eigenvalue weighted by Gasteiger charge is 2.15. The Kier molecular flexibility index (Phi) is 7.85. The van der Waals surface area contributed by atoms with Gasteiger partial charge in [-0.25, -0.2) is 9.59 Å². The zero-order valence-corrected chi connectivity index (χ0v) is 15.7. The van der Waals surface area contributed by atoms with E-state index >= 15 is 0 Å². The van der Waals surface area contributed by atoms with Gasteiger partial charge in [0.05, 0.1) is 25.3 Å². The van der Waals surface area contributed by atoms with Gasteiger partial charge in [0.1, 0.15) is 5.75 Å². The van der Waals surface area contributed by atoms with E-state index in [1.807, 2.05) is 0 Å². The van der Waals surface area contributed by atoms with Gasteiger partial charge in [-0.15, -0.1) is 0 Å². The van der Waals surface area contributed by atoms with Crippen LogP contribution in [0.1, 0.15) is 52.8 Å². The quantitative estimate of drug-likeness (QED) is 0.555. The molecule has 0 aromatic heterocycles. The average Bonchev–Trinajstić information content (AvgIpc) is 2.71. The Morgan fingerprint density at radius 2 is 1.67 bits per heavy atom. The molecule has 0 bridgehead atoms. The van der Waals surface area contributed by atoms with Crippen molar-refractivity contribution >= 4 is 17.8 Å². The molecule has 0 radical (unpaired) electrons. The molecule has 0 heterocycles. The lowest BCUT2D eigenvalue weighted by atomic mass is 9.97. The number of hydrogen-bond acceptors (Lipinski definition) is 6. The molecule has 146 valence electrons. The number of ether oxygens (including phenoxy) is 3. The van der Waals surface area contributed by atoms with Gasteiger partial charge in [-0.2, -0.15) is 0 Å². The molecule has 0 aliphatic heterocycles. The number of carbonyl (C=O) groups is 3. The first-order chi connectivity index (χ1) is 13.0. The minimum Gasteiger partial charge on any atom is -0.484 e. The minimum absolute atomic E-state index is 0.139. The first-order valence-corrected chi connectivity index (χ1v) is 8.92. The van der Waals surface area contributed by atoms with Crippen LogP contribution in [-0.2, 0) is 14.3 Å². The van der Waals surface area contributed by atoms with Crippen molar-refractivity contribution in [2.75, 3.05) is 27.4 Å². The Morgan fingerprint density at radius 3 is 2.22 bits per heavy atom. The smallest absolute Gasteiger partial charge is 0.338 e. The molecule has 1 N–H and O–H groups in total. The molecule has 7 nitrogen and oxygen atoms in total. The normalized spacial score (nSPS) is 13.3. The third kappa shape index (κ3) is 6.44. The minimum atomic E-state index is -0.615. The van der Waals surface area contributed by atoms with Crippen molar-refractivity contribution in [3.05, 3.63) is 41.0 Å². The van der Waals surface area contributed by atoms with Crippen LogP contribution in [0.15, 0.2) is 29.8 Å². The summed E-state index contributed by atoms with van der Waals surface area (Å²) in [6.07, 6.45) is 7.76. The number of amides is 1. The van der Waals surface area contributed by atoms with Crippen LogP contribution in [0, 0.1) is 0 Å². The molecule has 0 unspecified atom stereocenters. The average molecular weight is 375 g/mol. The SMILES string of the molecule is COC(=O)c1cc(OCC(=O)NCCC2=CCCCC2)cc(C(=O)OC)c1. The highest BCUT2D eigenvalue weighted by atomic mass is 16.5. The van der Waals surface area contributed by atoms with Crippen molar-refractivity contribution in [2.45, 2.75) is 32.1 Å². The molecule has 1 aromatic carbocycles. The first-order valence-electron chi connectivity index (χ1n) is 8.92. The fourth-order valence-corrected chi connectivity index (χ4v) is 2.85. The van der Waals surface area contributed by atoms with E-state index in [1.54, 1.807) is 0 Å². The molecule has 7 heteroatoms. The van der Waals surface area contributed by atoms with Crippen molar-refractivity contribution in [1.29, 1.82) is 0 Å². The number of carbonyl (C=O) groups excluding carboxylic acids is 3. The lowest BCUT2D eigenvalue weighted by Crippen LogP contribution is -2.30. The number of nitrogens with one attached hydrogen (secondary N) is 1. The van der Waals surface area contributed by atoms with E-state index in [4.69, 9.17) is 4.74 Å². The van der Waals surface area contributed by atoms with Crippen LogP contribution in [0.5, 0.6) is 5.75 Å². The largest absolute Gasteiger partial charge is 0.484 e. The van der Waals surface area contributed by atoms with E-state index in [1.165, 1.54) is 50.8 Å². The van der Waals surface area contributed by atoms with Crippen molar-refractivity contribution in [1.82, 2.24) is 5.32 Å². The van der Waals surface area contributed by atoms with Gasteiger partial charge < -0.3 is 19.5 Å². The maximum atomic E-state index is 12.0. The number of allylic oxidation sites excluding steroid dienone is 1. The molecule has 0 fully saturated rings. The second-order valence-corrected chi connectivity index (χ2v) is 6.23. The van der Waals surface area contributed by atoms with E-state index < -0.39 is 11.9 Å². The Bertz CT molecular complexity index is 691. The molecule has 0 atom stereocenters. The van der Waals surface area contributed by atoms with Gasteiger partial charge in [-0.3, -0.25) is 4.79 Å². The maximum absolute atomic E-state index is 12.0. The lowest BCUT2D eigenvalue weighted by Gasteiger charge is -2.13. The van der Waals surface area contributed by atoms with Gasteiger partial charge in [0.15, 0.2) is 6.61 Å². The number of esters is 2. The summed E-state index contributed by atoms with van der Waals surface area (Å²) in [6.45, 7) is 0.341. The summed E-state index contributed by atoms with van der Waals surface area (Å²) in [7, 11) is 2.48.